The van der Waals surface area contributed by atoms with E-state index in [9.17, 15) is 9.35 Å². The molecule has 3 heterocycles. The normalized spacial score (nSPS) is 12.2. The van der Waals surface area contributed by atoms with E-state index in [2.05, 4.69) is 17.2 Å². The Labute approximate surface area is 209 Å². The number of thiazole rings is 1. The van der Waals surface area contributed by atoms with E-state index in [0.29, 0.717) is 15.6 Å². The zero-order chi connectivity index (χ0) is 24.1. The van der Waals surface area contributed by atoms with Crippen LogP contribution < -0.4 is 11.1 Å². The molecule has 0 bridgehead atoms. The molecule has 0 aliphatic carbocycles. The third-order valence-electron chi connectivity index (χ3n) is 5.27. The quantitative estimate of drug-likeness (QED) is 0.272. The van der Waals surface area contributed by atoms with Gasteiger partial charge in [-0.3, -0.25) is 4.79 Å². The van der Waals surface area contributed by atoms with Gasteiger partial charge < -0.3 is 20.7 Å². The first-order valence-electron chi connectivity index (χ1n) is 11.0. The Morgan fingerprint density at radius 2 is 2.09 bits per heavy atom. The van der Waals surface area contributed by atoms with E-state index in [1.807, 2.05) is 35.7 Å². The molecule has 1 aromatic carbocycles. The van der Waals surface area contributed by atoms with Crippen LogP contribution >= 0.6 is 22.7 Å². The van der Waals surface area contributed by atoms with Gasteiger partial charge in [0.05, 0.1) is 13.0 Å². The van der Waals surface area contributed by atoms with Crippen molar-refractivity contribution in [3.63, 3.8) is 0 Å². The molecule has 0 aliphatic heterocycles. The SMILES string of the molecule is CCCC[S+]([O-])c1sc2nc(-c3nccs3)cc(-c3ccc(CC(=O)NCCO)cc3)c2c1N. The molecule has 0 fully saturated rings. The minimum absolute atomic E-state index is 0.0859. The van der Waals surface area contributed by atoms with Crippen LogP contribution in [0.2, 0.25) is 0 Å². The van der Waals surface area contributed by atoms with Crippen molar-refractivity contribution >= 4 is 55.7 Å². The van der Waals surface area contributed by atoms with Crippen LogP contribution in [-0.4, -0.2) is 44.4 Å². The largest absolute Gasteiger partial charge is 0.611 e. The highest BCUT2D eigenvalue weighted by atomic mass is 32.2. The van der Waals surface area contributed by atoms with Crippen molar-refractivity contribution in [2.24, 2.45) is 0 Å². The predicted molar refractivity (Wildman–Crippen MR) is 141 cm³/mol. The number of hydrogen-bond acceptors (Lipinski definition) is 8. The number of unbranched alkanes of at least 4 members (excludes halogenated alkanes) is 1. The number of rotatable bonds is 10. The zero-order valence-corrected chi connectivity index (χ0v) is 21.2. The van der Waals surface area contributed by atoms with E-state index in [4.69, 9.17) is 15.8 Å². The van der Waals surface area contributed by atoms with Gasteiger partial charge in [-0.2, -0.15) is 0 Å². The van der Waals surface area contributed by atoms with Crippen molar-refractivity contribution in [3.8, 4) is 21.8 Å². The molecule has 4 N–H and O–H groups in total. The highest BCUT2D eigenvalue weighted by Gasteiger charge is 2.25. The number of thiophene rings is 1. The first-order chi connectivity index (χ1) is 16.5. The van der Waals surface area contributed by atoms with Gasteiger partial charge in [-0.15, -0.1) is 11.3 Å². The van der Waals surface area contributed by atoms with Gasteiger partial charge in [0.1, 0.15) is 27.0 Å². The maximum atomic E-state index is 12.9. The Morgan fingerprint density at radius 3 is 2.76 bits per heavy atom. The Bertz CT molecular complexity index is 1260. The molecule has 4 rings (SSSR count). The first-order valence-corrected chi connectivity index (χ1v) is 14.0. The molecule has 1 amide bonds. The topological polar surface area (TPSA) is 124 Å². The number of hydrogen-bond donors (Lipinski definition) is 3. The number of amides is 1. The number of pyridine rings is 1. The number of nitrogens with zero attached hydrogens (tertiary/aromatic N) is 2. The van der Waals surface area contributed by atoms with Crippen LogP contribution in [0.15, 0.2) is 46.1 Å². The minimum atomic E-state index is -1.17. The third-order valence-corrected chi connectivity index (χ3v) is 9.06. The van der Waals surface area contributed by atoms with E-state index in [-0.39, 0.29) is 25.5 Å². The summed E-state index contributed by atoms with van der Waals surface area (Å²) in [4.78, 5) is 21.9. The summed E-state index contributed by atoms with van der Waals surface area (Å²) < 4.78 is 13.6. The maximum Gasteiger partial charge on any atom is 0.232 e. The van der Waals surface area contributed by atoms with Gasteiger partial charge in [0.2, 0.25) is 10.1 Å². The highest BCUT2D eigenvalue weighted by molar-refractivity contribution is 7.93. The monoisotopic (exact) mass is 514 g/mol. The standard InChI is InChI=1S/C24H26N4O3S3/c1-2-3-12-34(31)24-21(25)20-17(14-18(28-23(20)33-24)22-27-9-11-32-22)16-6-4-15(5-7-16)13-19(30)26-8-10-29/h4-7,9,11,14,29H,2-3,8,10,12-13,25H2,1H3,(H,26,30). The van der Waals surface area contributed by atoms with Crippen LogP contribution in [-0.2, 0) is 22.4 Å². The molecular weight excluding hydrogens is 488 g/mol. The van der Waals surface area contributed by atoms with Gasteiger partial charge in [-0.05, 0) is 40.4 Å². The van der Waals surface area contributed by atoms with Crippen molar-refractivity contribution in [3.05, 3.63) is 47.5 Å². The third kappa shape index (κ3) is 5.42. The molecule has 3 aromatic heterocycles. The number of benzene rings is 1. The number of aliphatic hydroxyl groups excluding tert-OH is 1. The molecule has 34 heavy (non-hydrogen) atoms. The van der Waals surface area contributed by atoms with Crippen molar-refractivity contribution < 1.29 is 14.5 Å². The molecule has 1 unspecified atom stereocenters. The fourth-order valence-corrected chi connectivity index (χ4v) is 6.96. The number of anilines is 1. The van der Waals surface area contributed by atoms with E-state index < -0.39 is 11.2 Å². The number of fused-ring (bicyclic) bond motifs is 1. The lowest BCUT2D eigenvalue weighted by molar-refractivity contribution is -0.120. The Hall–Kier alpha value is -2.50. The lowest BCUT2D eigenvalue weighted by Gasteiger charge is -2.10. The summed E-state index contributed by atoms with van der Waals surface area (Å²) in [6.45, 7) is 2.23. The Balaban J connectivity index is 1.75. The summed E-state index contributed by atoms with van der Waals surface area (Å²) in [6, 6.07) is 9.71. The summed E-state index contributed by atoms with van der Waals surface area (Å²) in [7, 11) is 0. The number of aliphatic hydroxyl groups is 1. The van der Waals surface area contributed by atoms with E-state index in [0.717, 1.165) is 50.5 Å². The Kier molecular flexibility index (Phi) is 8.17. The summed E-state index contributed by atoms with van der Waals surface area (Å²) in [5.74, 6) is 0.440. The van der Waals surface area contributed by atoms with Gasteiger partial charge >= 0.3 is 0 Å². The molecule has 10 heteroatoms. The molecule has 0 aliphatic rings. The summed E-state index contributed by atoms with van der Waals surface area (Å²) in [5, 5.41) is 15.1. The second kappa shape index (κ2) is 11.3. The second-order valence-electron chi connectivity index (χ2n) is 7.73. The van der Waals surface area contributed by atoms with Gasteiger partial charge in [0.15, 0.2) is 0 Å². The van der Waals surface area contributed by atoms with E-state index in [1.54, 1.807) is 6.20 Å². The average Bonchev–Trinajstić information content (AvgIpc) is 3.50. The maximum absolute atomic E-state index is 12.9. The number of carbonyl (C=O) groups excluding carboxylic acids is 1. The zero-order valence-electron chi connectivity index (χ0n) is 18.7. The average molecular weight is 515 g/mol. The molecule has 0 saturated heterocycles. The Morgan fingerprint density at radius 1 is 1.29 bits per heavy atom. The van der Waals surface area contributed by atoms with E-state index >= 15 is 0 Å². The minimum Gasteiger partial charge on any atom is -0.611 e. The molecule has 1 atom stereocenters. The van der Waals surface area contributed by atoms with Gasteiger partial charge in [-0.25, -0.2) is 9.97 Å². The van der Waals surface area contributed by atoms with Crippen LogP contribution in [0.3, 0.4) is 0 Å². The van der Waals surface area contributed by atoms with Crippen LogP contribution in [0.5, 0.6) is 0 Å². The van der Waals surface area contributed by atoms with Crippen LogP contribution in [0.25, 0.3) is 32.0 Å². The van der Waals surface area contributed by atoms with Crippen LogP contribution in [0.4, 0.5) is 5.69 Å². The molecule has 0 radical (unpaired) electrons. The van der Waals surface area contributed by atoms with Gasteiger partial charge in [-0.1, -0.05) is 48.9 Å². The summed E-state index contributed by atoms with van der Waals surface area (Å²) >= 11 is 1.73. The molecular formula is C24H26N4O3S3. The number of nitrogens with two attached hydrogens (primary N) is 1. The van der Waals surface area contributed by atoms with Crippen molar-refractivity contribution in [1.82, 2.24) is 15.3 Å². The number of nitrogens with one attached hydrogen (secondary N) is 1. The fourth-order valence-electron chi connectivity index (χ4n) is 3.57. The van der Waals surface area contributed by atoms with Crippen molar-refractivity contribution in [2.45, 2.75) is 30.4 Å². The lowest BCUT2D eigenvalue weighted by atomic mass is 10.00. The lowest BCUT2D eigenvalue weighted by Crippen LogP contribution is -2.27. The van der Waals surface area contributed by atoms with E-state index in [1.165, 1.54) is 22.7 Å². The molecule has 4 aromatic rings. The van der Waals surface area contributed by atoms with Crippen LogP contribution in [0, 0.1) is 0 Å². The fraction of sp³-hybridized carbons (Fsp3) is 0.292. The molecule has 0 spiro atoms. The smallest absolute Gasteiger partial charge is 0.232 e. The highest BCUT2D eigenvalue weighted by Crippen LogP contribution is 2.43. The number of aromatic nitrogens is 2. The van der Waals surface area contributed by atoms with Crippen molar-refractivity contribution in [1.29, 1.82) is 0 Å². The number of carbonyl (C=O) groups is 1. The first kappa shape index (κ1) is 24.6. The predicted octanol–water partition coefficient (Wildman–Crippen LogP) is 4.23. The summed E-state index contributed by atoms with van der Waals surface area (Å²) in [5.41, 5.74) is 10.5. The molecule has 7 nitrogen and oxygen atoms in total. The van der Waals surface area contributed by atoms with Crippen molar-refractivity contribution in [2.75, 3.05) is 24.6 Å². The second-order valence-corrected chi connectivity index (χ2v) is 11.4. The number of nitrogen functional groups attached to an aromatic ring is 1. The van der Waals surface area contributed by atoms with Gasteiger partial charge in [0, 0.05) is 23.5 Å². The van der Waals surface area contributed by atoms with Gasteiger partial charge in [0.25, 0.3) is 0 Å². The summed E-state index contributed by atoms with van der Waals surface area (Å²) in [6.07, 6.45) is 3.82. The molecule has 178 valence electrons. The van der Waals surface area contributed by atoms with Crippen LogP contribution in [0.1, 0.15) is 25.3 Å². The molecule has 0 saturated carbocycles.